The van der Waals surface area contributed by atoms with Gasteiger partial charge in [-0.2, -0.15) is 0 Å². The lowest BCUT2D eigenvalue weighted by Crippen LogP contribution is -2.52. The van der Waals surface area contributed by atoms with Gasteiger partial charge in [0.1, 0.15) is 5.75 Å². The van der Waals surface area contributed by atoms with E-state index in [1.807, 2.05) is 24.4 Å². The second-order valence-electron chi connectivity index (χ2n) is 8.29. The van der Waals surface area contributed by atoms with E-state index < -0.39 is 6.10 Å². The largest absolute Gasteiger partial charge is 0.481 e. The molecule has 2 aromatic carbocycles. The number of carbonyl (C=O) groups is 1. The molecule has 0 aliphatic carbocycles. The number of aryl methyl sites for hydroxylation is 2. The summed E-state index contributed by atoms with van der Waals surface area (Å²) in [5.74, 6) is 1.43. The van der Waals surface area contributed by atoms with E-state index in [4.69, 9.17) is 4.74 Å². The van der Waals surface area contributed by atoms with Gasteiger partial charge in [0.2, 0.25) is 0 Å². The summed E-state index contributed by atoms with van der Waals surface area (Å²) in [5, 5.41) is 14.9. The van der Waals surface area contributed by atoms with Crippen LogP contribution >= 0.6 is 0 Å². The van der Waals surface area contributed by atoms with Gasteiger partial charge in [-0.05, 0) is 71.7 Å². The number of pyridine rings is 1. The van der Waals surface area contributed by atoms with Crippen molar-refractivity contribution in [2.75, 3.05) is 13.1 Å². The van der Waals surface area contributed by atoms with Crippen molar-refractivity contribution in [3.8, 4) is 16.9 Å². The molecular formula is C24H24N6O2. The predicted molar refractivity (Wildman–Crippen MR) is 120 cm³/mol. The Bertz CT molecular complexity index is 1260. The summed E-state index contributed by atoms with van der Waals surface area (Å²) in [6.07, 6.45) is 1.23. The van der Waals surface area contributed by atoms with Crippen LogP contribution in [0.2, 0.25) is 0 Å². The van der Waals surface area contributed by atoms with E-state index in [1.54, 1.807) is 11.8 Å². The van der Waals surface area contributed by atoms with E-state index in [9.17, 15) is 4.79 Å². The highest BCUT2D eigenvalue weighted by molar-refractivity contribution is 5.96. The monoisotopic (exact) mass is 428 g/mol. The molecule has 5 rings (SSSR count). The molecule has 0 spiro atoms. The fourth-order valence-corrected chi connectivity index (χ4v) is 4.34. The van der Waals surface area contributed by atoms with Crippen molar-refractivity contribution in [3.63, 3.8) is 0 Å². The van der Waals surface area contributed by atoms with Crippen LogP contribution in [0.5, 0.6) is 5.75 Å². The van der Waals surface area contributed by atoms with Gasteiger partial charge in [-0.3, -0.25) is 9.78 Å². The number of aromatic nitrogens is 5. The molecule has 1 fully saturated rings. The molecule has 162 valence electrons. The molecule has 32 heavy (non-hydrogen) atoms. The zero-order valence-electron chi connectivity index (χ0n) is 18.2. The third-order valence-electron chi connectivity index (χ3n) is 6.07. The number of hydrogen-bond acceptors (Lipinski definition) is 6. The van der Waals surface area contributed by atoms with E-state index in [1.165, 1.54) is 16.7 Å². The molecule has 0 saturated carbocycles. The number of tetrazole rings is 1. The van der Waals surface area contributed by atoms with Crippen molar-refractivity contribution in [2.24, 2.45) is 0 Å². The second-order valence-corrected chi connectivity index (χ2v) is 8.29. The fraction of sp³-hybridized carbons (Fsp3) is 0.292. The van der Waals surface area contributed by atoms with Crippen LogP contribution in [0, 0.1) is 13.8 Å². The summed E-state index contributed by atoms with van der Waals surface area (Å²) in [6.45, 7) is 7.19. The van der Waals surface area contributed by atoms with Gasteiger partial charge in [-0.25, -0.2) is 5.10 Å². The van der Waals surface area contributed by atoms with E-state index in [-0.39, 0.29) is 11.8 Å². The quantitative estimate of drug-likeness (QED) is 0.523. The first-order valence-electron chi connectivity index (χ1n) is 10.7. The summed E-state index contributed by atoms with van der Waals surface area (Å²) in [4.78, 5) is 19.0. The van der Waals surface area contributed by atoms with E-state index in [0.29, 0.717) is 24.7 Å². The summed E-state index contributed by atoms with van der Waals surface area (Å²) in [7, 11) is 0. The Morgan fingerprint density at radius 3 is 2.66 bits per heavy atom. The number of H-pyrrole nitrogens is 1. The molecule has 2 aromatic heterocycles. The predicted octanol–water partition coefficient (Wildman–Crippen LogP) is 3.43. The molecule has 1 atom stereocenters. The molecule has 1 amide bonds. The lowest BCUT2D eigenvalue weighted by molar-refractivity contribution is -0.142. The first kappa shape index (κ1) is 20.1. The van der Waals surface area contributed by atoms with Gasteiger partial charge in [0.15, 0.2) is 11.9 Å². The fourth-order valence-electron chi connectivity index (χ4n) is 4.34. The molecule has 1 N–H and O–H groups in total. The number of benzene rings is 2. The van der Waals surface area contributed by atoms with Gasteiger partial charge < -0.3 is 9.64 Å². The number of amides is 1. The number of likely N-dealkylation sites (tertiary alicyclic amines) is 1. The van der Waals surface area contributed by atoms with Crippen molar-refractivity contribution < 1.29 is 9.53 Å². The Hall–Kier alpha value is -3.81. The zero-order valence-corrected chi connectivity index (χ0v) is 18.2. The first-order chi connectivity index (χ1) is 15.5. The van der Waals surface area contributed by atoms with Gasteiger partial charge in [-0.15, -0.1) is 5.10 Å². The maximum absolute atomic E-state index is 12.7. The molecule has 0 bridgehead atoms. The topological polar surface area (TPSA) is 96.9 Å². The first-order valence-corrected chi connectivity index (χ1v) is 10.7. The molecular weight excluding hydrogens is 404 g/mol. The summed E-state index contributed by atoms with van der Waals surface area (Å²) < 4.78 is 5.98. The minimum absolute atomic E-state index is 0.0499. The molecule has 1 aliphatic heterocycles. The Kier molecular flexibility index (Phi) is 5.05. The highest BCUT2D eigenvalue weighted by atomic mass is 16.5. The summed E-state index contributed by atoms with van der Waals surface area (Å²) >= 11 is 0. The molecule has 1 aliphatic rings. The number of nitrogens with zero attached hydrogens (tertiary/aromatic N) is 5. The van der Waals surface area contributed by atoms with Crippen molar-refractivity contribution in [2.45, 2.75) is 32.8 Å². The minimum Gasteiger partial charge on any atom is -0.481 e. The molecule has 8 nitrogen and oxygen atoms in total. The van der Waals surface area contributed by atoms with Crippen molar-refractivity contribution in [3.05, 3.63) is 65.6 Å². The van der Waals surface area contributed by atoms with Crippen LogP contribution in [0.3, 0.4) is 0 Å². The Morgan fingerprint density at radius 2 is 1.94 bits per heavy atom. The smallest absolute Gasteiger partial charge is 0.263 e. The number of nitrogens with one attached hydrogen (secondary N) is 1. The van der Waals surface area contributed by atoms with Gasteiger partial charge in [0, 0.05) is 30.7 Å². The molecule has 1 saturated heterocycles. The minimum atomic E-state index is -0.594. The Labute approximate surface area is 185 Å². The van der Waals surface area contributed by atoms with Gasteiger partial charge >= 0.3 is 0 Å². The highest BCUT2D eigenvalue weighted by Gasteiger charge is 2.36. The van der Waals surface area contributed by atoms with Crippen LogP contribution in [0.25, 0.3) is 22.0 Å². The average molecular weight is 428 g/mol. The molecule has 0 unspecified atom stereocenters. The van der Waals surface area contributed by atoms with Crippen LogP contribution in [0.4, 0.5) is 0 Å². The van der Waals surface area contributed by atoms with Crippen LogP contribution in [-0.4, -0.2) is 55.6 Å². The lowest BCUT2D eigenvalue weighted by atomic mass is 9.93. The lowest BCUT2D eigenvalue weighted by Gasteiger charge is -2.38. The number of hydrogen-bond donors (Lipinski definition) is 1. The third-order valence-corrected chi connectivity index (χ3v) is 6.07. The Balaban J connectivity index is 1.33. The van der Waals surface area contributed by atoms with Crippen LogP contribution in [-0.2, 0) is 4.79 Å². The molecule has 4 aromatic rings. The molecule has 0 radical (unpaired) electrons. The number of aromatic amines is 1. The normalized spacial score (nSPS) is 14.9. The van der Waals surface area contributed by atoms with E-state index in [2.05, 4.69) is 63.7 Å². The molecule has 8 heteroatoms. The van der Waals surface area contributed by atoms with Crippen molar-refractivity contribution in [1.82, 2.24) is 30.5 Å². The maximum atomic E-state index is 12.7. The third kappa shape index (κ3) is 3.57. The SMILES string of the molecule is Cc1cccc(C)c1-c1ccnc2cc(O[C@H](C)C(=O)N3CC(c4nnn[nH]4)C3)ccc12. The average Bonchev–Trinajstić information content (AvgIpc) is 3.26. The number of carbonyl (C=O) groups excluding carboxylic acids is 1. The standard InChI is InChI=1S/C24H24N6O2/c1-14-5-4-6-15(2)22(14)20-9-10-25-21-11-18(7-8-19(20)21)32-16(3)24(31)30-12-17(13-30)23-26-28-29-27-23/h4-11,16-17H,12-13H2,1-3H3,(H,26,27,28,29)/t16-/m1/s1. The van der Waals surface area contributed by atoms with Gasteiger partial charge in [0.25, 0.3) is 5.91 Å². The maximum Gasteiger partial charge on any atom is 0.263 e. The van der Waals surface area contributed by atoms with Crippen LogP contribution in [0.1, 0.15) is 29.8 Å². The number of fused-ring (bicyclic) bond motifs is 1. The number of ether oxygens (including phenoxy) is 1. The highest BCUT2D eigenvalue weighted by Crippen LogP contribution is 2.34. The zero-order chi connectivity index (χ0) is 22.2. The summed E-state index contributed by atoms with van der Waals surface area (Å²) in [5.41, 5.74) is 5.67. The summed E-state index contributed by atoms with van der Waals surface area (Å²) in [6, 6.07) is 14.2. The number of rotatable bonds is 5. The van der Waals surface area contributed by atoms with E-state index >= 15 is 0 Å². The van der Waals surface area contributed by atoms with E-state index in [0.717, 1.165) is 16.5 Å². The Morgan fingerprint density at radius 1 is 1.16 bits per heavy atom. The second kappa shape index (κ2) is 8.03. The van der Waals surface area contributed by atoms with Gasteiger partial charge in [-0.1, -0.05) is 18.2 Å². The van der Waals surface area contributed by atoms with Crippen molar-refractivity contribution in [1.29, 1.82) is 0 Å². The van der Waals surface area contributed by atoms with Crippen molar-refractivity contribution >= 4 is 16.8 Å². The van der Waals surface area contributed by atoms with Gasteiger partial charge in [0.05, 0.1) is 11.4 Å². The molecule has 3 heterocycles. The van der Waals surface area contributed by atoms with Crippen LogP contribution < -0.4 is 4.74 Å². The van der Waals surface area contributed by atoms with Crippen LogP contribution in [0.15, 0.2) is 48.7 Å².